The highest BCUT2D eigenvalue weighted by atomic mass is 16.6. The molecule has 4 heterocycles. The summed E-state index contributed by atoms with van der Waals surface area (Å²) in [5.41, 5.74) is 1.70. The Labute approximate surface area is 153 Å². The van der Waals surface area contributed by atoms with E-state index in [1.165, 1.54) is 17.0 Å². The van der Waals surface area contributed by atoms with E-state index in [0.717, 1.165) is 0 Å². The Hall–Kier alpha value is -3.69. The van der Waals surface area contributed by atoms with Crippen LogP contribution in [0.4, 0.5) is 0 Å². The molecule has 10 heteroatoms. The van der Waals surface area contributed by atoms with Crippen molar-refractivity contribution in [3.05, 3.63) is 54.2 Å². The molecule has 0 bridgehead atoms. The summed E-state index contributed by atoms with van der Waals surface area (Å²) in [4.78, 5) is 28.9. The summed E-state index contributed by atoms with van der Waals surface area (Å²) in [7, 11) is 0. The molecule has 0 fully saturated rings. The van der Waals surface area contributed by atoms with Crippen molar-refractivity contribution in [2.24, 2.45) is 0 Å². The van der Waals surface area contributed by atoms with Crippen molar-refractivity contribution < 1.29 is 14.1 Å². The van der Waals surface area contributed by atoms with Gasteiger partial charge in [-0.25, -0.2) is 14.3 Å². The third-order valence-corrected chi connectivity index (χ3v) is 3.82. The van der Waals surface area contributed by atoms with Crippen molar-refractivity contribution >= 4 is 11.7 Å². The van der Waals surface area contributed by atoms with Gasteiger partial charge in [0, 0.05) is 24.2 Å². The molecule has 0 amide bonds. The van der Waals surface area contributed by atoms with Gasteiger partial charge >= 0.3 is 5.97 Å². The van der Waals surface area contributed by atoms with Crippen LogP contribution in [0.2, 0.25) is 0 Å². The lowest BCUT2D eigenvalue weighted by Gasteiger charge is -2.12. The third-order valence-electron chi connectivity index (χ3n) is 3.82. The van der Waals surface area contributed by atoms with Crippen LogP contribution in [-0.2, 0) is 11.3 Å². The Morgan fingerprint density at radius 2 is 2.19 bits per heavy atom. The number of ether oxygens (including phenoxy) is 1. The van der Waals surface area contributed by atoms with Crippen molar-refractivity contribution in [1.29, 1.82) is 0 Å². The molecule has 0 aliphatic carbocycles. The molecule has 136 valence electrons. The van der Waals surface area contributed by atoms with E-state index in [2.05, 4.69) is 30.2 Å². The first-order valence-corrected chi connectivity index (χ1v) is 8.22. The molecule has 4 rings (SSSR count). The van der Waals surface area contributed by atoms with Crippen LogP contribution in [-0.4, -0.2) is 40.7 Å². The van der Waals surface area contributed by atoms with Gasteiger partial charge in [0.25, 0.3) is 11.7 Å². The summed E-state index contributed by atoms with van der Waals surface area (Å²) in [6.07, 6.45) is 6.10. The topological polar surface area (TPSA) is 121 Å². The normalized spacial score (nSPS) is 11.2. The van der Waals surface area contributed by atoms with E-state index in [0.29, 0.717) is 28.4 Å². The fraction of sp³-hybridized carbons (Fsp3) is 0.235. The van der Waals surface area contributed by atoms with Gasteiger partial charge in [-0.05, 0) is 18.1 Å². The summed E-state index contributed by atoms with van der Waals surface area (Å²) >= 11 is 0. The average molecular weight is 365 g/mol. The highest BCUT2D eigenvalue weighted by Gasteiger charge is 2.21. The number of nitrogens with zero attached hydrogens (tertiary/aromatic N) is 7. The van der Waals surface area contributed by atoms with E-state index < -0.39 is 5.97 Å². The first kappa shape index (κ1) is 16.8. The molecule has 0 unspecified atom stereocenters. The van der Waals surface area contributed by atoms with E-state index in [9.17, 15) is 4.79 Å². The molecule has 27 heavy (non-hydrogen) atoms. The SMILES string of the molecule is CC(C)c1c(C(=O)OCc2nc(-c3cccnc3)no2)cnc2ncnn12. The molecular formula is C17H15N7O3. The lowest BCUT2D eigenvalue weighted by Crippen LogP contribution is -2.14. The Morgan fingerprint density at radius 1 is 1.30 bits per heavy atom. The molecular weight excluding hydrogens is 350 g/mol. The summed E-state index contributed by atoms with van der Waals surface area (Å²) in [6.45, 7) is 3.75. The zero-order valence-corrected chi connectivity index (χ0v) is 14.6. The van der Waals surface area contributed by atoms with E-state index in [-0.39, 0.29) is 18.4 Å². The largest absolute Gasteiger partial charge is 0.452 e. The van der Waals surface area contributed by atoms with Crippen molar-refractivity contribution in [2.75, 3.05) is 0 Å². The number of pyridine rings is 1. The highest BCUT2D eigenvalue weighted by molar-refractivity contribution is 5.90. The molecule has 0 aromatic carbocycles. The van der Waals surface area contributed by atoms with E-state index >= 15 is 0 Å². The minimum Gasteiger partial charge on any atom is -0.452 e. The van der Waals surface area contributed by atoms with Gasteiger partial charge in [-0.3, -0.25) is 4.98 Å². The van der Waals surface area contributed by atoms with Gasteiger partial charge < -0.3 is 9.26 Å². The van der Waals surface area contributed by atoms with Gasteiger partial charge in [0.15, 0.2) is 6.61 Å². The predicted octanol–water partition coefficient (Wildman–Crippen LogP) is 2.05. The second-order valence-electron chi connectivity index (χ2n) is 6.01. The molecule has 0 aliphatic rings. The lowest BCUT2D eigenvalue weighted by atomic mass is 10.1. The van der Waals surface area contributed by atoms with Crippen LogP contribution in [0.15, 0.2) is 41.6 Å². The maximum absolute atomic E-state index is 12.6. The number of esters is 1. The summed E-state index contributed by atoms with van der Waals surface area (Å²) in [6, 6.07) is 3.58. The van der Waals surface area contributed by atoms with Gasteiger partial charge in [0.1, 0.15) is 6.33 Å². The minimum atomic E-state index is -0.551. The molecule has 0 atom stereocenters. The zero-order valence-electron chi connectivity index (χ0n) is 14.6. The second-order valence-corrected chi connectivity index (χ2v) is 6.01. The Kier molecular flexibility index (Phi) is 4.29. The molecule has 4 aromatic heterocycles. The molecule has 4 aromatic rings. The van der Waals surface area contributed by atoms with Gasteiger partial charge in [-0.1, -0.05) is 19.0 Å². The van der Waals surface area contributed by atoms with Crippen LogP contribution in [0, 0.1) is 0 Å². The number of carbonyl (C=O) groups excluding carboxylic acids is 1. The van der Waals surface area contributed by atoms with Gasteiger partial charge in [-0.15, -0.1) is 0 Å². The number of hydrogen-bond acceptors (Lipinski definition) is 9. The van der Waals surface area contributed by atoms with E-state index in [1.54, 1.807) is 18.5 Å². The second kappa shape index (κ2) is 6.90. The highest BCUT2D eigenvalue weighted by Crippen LogP contribution is 2.20. The first-order chi connectivity index (χ1) is 13.1. The van der Waals surface area contributed by atoms with Gasteiger partial charge in [0.05, 0.1) is 11.3 Å². The molecule has 0 spiro atoms. The van der Waals surface area contributed by atoms with Gasteiger partial charge in [0.2, 0.25) is 5.82 Å². The monoisotopic (exact) mass is 365 g/mol. The van der Waals surface area contributed by atoms with Crippen LogP contribution >= 0.6 is 0 Å². The molecule has 0 aliphatic heterocycles. The summed E-state index contributed by atoms with van der Waals surface area (Å²) in [5, 5.41) is 7.99. The Morgan fingerprint density at radius 3 is 2.96 bits per heavy atom. The summed E-state index contributed by atoms with van der Waals surface area (Å²) < 4.78 is 12.0. The number of rotatable bonds is 5. The Balaban J connectivity index is 1.53. The fourth-order valence-corrected chi connectivity index (χ4v) is 2.64. The van der Waals surface area contributed by atoms with E-state index in [4.69, 9.17) is 9.26 Å². The van der Waals surface area contributed by atoms with Crippen LogP contribution in [0.5, 0.6) is 0 Å². The molecule has 0 radical (unpaired) electrons. The number of aromatic nitrogens is 7. The lowest BCUT2D eigenvalue weighted by molar-refractivity contribution is 0.0426. The fourth-order valence-electron chi connectivity index (χ4n) is 2.64. The van der Waals surface area contributed by atoms with Crippen molar-refractivity contribution in [3.8, 4) is 11.4 Å². The number of fused-ring (bicyclic) bond motifs is 1. The molecule has 0 N–H and O–H groups in total. The first-order valence-electron chi connectivity index (χ1n) is 8.22. The van der Waals surface area contributed by atoms with Crippen LogP contribution in [0.3, 0.4) is 0 Å². The third kappa shape index (κ3) is 3.24. The number of hydrogen-bond donors (Lipinski definition) is 0. The Bertz CT molecular complexity index is 1090. The smallest absolute Gasteiger partial charge is 0.342 e. The van der Waals surface area contributed by atoms with Crippen LogP contribution < -0.4 is 0 Å². The average Bonchev–Trinajstić information content (AvgIpc) is 3.35. The maximum atomic E-state index is 12.6. The van der Waals surface area contributed by atoms with Crippen molar-refractivity contribution in [1.82, 2.24) is 34.7 Å². The predicted molar refractivity (Wildman–Crippen MR) is 91.5 cm³/mol. The van der Waals surface area contributed by atoms with Crippen LogP contribution in [0.1, 0.15) is 41.7 Å². The van der Waals surface area contributed by atoms with Crippen LogP contribution in [0.25, 0.3) is 17.2 Å². The van der Waals surface area contributed by atoms with Crippen molar-refractivity contribution in [2.45, 2.75) is 26.4 Å². The summed E-state index contributed by atoms with van der Waals surface area (Å²) in [5.74, 6) is 0.448. The van der Waals surface area contributed by atoms with Crippen molar-refractivity contribution in [3.63, 3.8) is 0 Å². The van der Waals surface area contributed by atoms with Gasteiger partial charge in [-0.2, -0.15) is 15.1 Å². The standard InChI is InChI=1S/C17H15N7O3/c1-10(2)14-12(7-19-17-20-9-21-24(14)17)16(25)26-8-13-22-15(23-27-13)11-4-3-5-18-6-11/h3-7,9-10H,8H2,1-2H3. The quantitative estimate of drug-likeness (QED) is 0.489. The molecule has 0 saturated heterocycles. The van der Waals surface area contributed by atoms with E-state index in [1.807, 2.05) is 19.9 Å². The number of carbonyl (C=O) groups is 1. The molecule has 10 nitrogen and oxygen atoms in total. The molecule has 0 saturated carbocycles. The maximum Gasteiger partial charge on any atom is 0.342 e. The zero-order chi connectivity index (χ0) is 18.8. The minimum absolute atomic E-state index is 0.0142.